The van der Waals surface area contributed by atoms with Gasteiger partial charge in [0.2, 0.25) is 0 Å². The Labute approximate surface area is 83.1 Å². The van der Waals surface area contributed by atoms with Crippen molar-refractivity contribution in [2.75, 3.05) is 0 Å². The number of aliphatic hydroxyl groups is 1. The maximum atomic E-state index is 9.97. The summed E-state index contributed by atoms with van der Waals surface area (Å²) in [4.78, 5) is 0. The van der Waals surface area contributed by atoms with Crippen LogP contribution in [-0.4, -0.2) is 35.5 Å². The smallest absolute Gasteiger partial charge is 0.190 e. The third-order valence-electron chi connectivity index (χ3n) is 3.14. The van der Waals surface area contributed by atoms with Crippen molar-refractivity contribution in [2.45, 2.75) is 57.1 Å². The van der Waals surface area contributed by atoms with E-state index in [1.165, 1.54) is 0 Å². The summed E-state index contributed by atoms with van der Waals surface area (Å²) in [5.74, 6) is -0.101. The summed E-state index contributed by atoms with van der Waals surface area (Å²) in [5.41, 5.74) is 0. The molecule has 0 aromatic heterocycles. The van der Waals surface area contributed by atoms with Gasteiger partial charge in [0, 0.05) is 0 Å². The Balaban J connectivity index is 1.74. The van der Waals surface area contributed by atoms with Gasteiger partial charge < -0.3 is 19.3 Å². The molecule has 0 bridgehead atoms. The molecule has 1 saturated carbocycles. The van der Waals surface area contributed by atoms with Gasteiger partial charge in [0.25, 0.3) is 0 Å². The molecule has 0 amide bonds. The van der Waals surface area contributed by atoms with Gasteiger partial charge >= 0.3 is 0 Å². The van der Waals surface area contributed by atoms with Crippen LogP contribution in [0.5, 0.6) is 0 Å². The van der Waals surface area contributed by atoms with Gasteiger partial charge in [0.05, 0.1) is 6.10 Å². The van der Waals surface area contributed by atoms with Crippen LogP contribution in [0.4, 0.5) is 0 Å². The molecule has 3 rings (SSSR count). The molecule has 0 aromatic rings. The highest BCUT2D eigenvalue weighted by Crippen LogP contribution is 2.45. The van der Waals surface area contributed by atoms with E-state index in [2.05, 4.69) is 0 Å². The maximum absolute atomic E-state index is 9.97. The van der Waals surface area contributed by atoms with Gasteiger partial charge in [0.15, 0.2) is 12.1 Å². The molecule has 0 spiro atoms. The zero-order valence-electron chi connectivity index (χ0n) is 8.47. The largest absolute Gasteiger partial charge is 0.387 e. The Hall–Kier alpha value is -0.160. The Morgan fingerprint density at radius 1 is 1.14 bits per heavy atom. The minimum atomic E-state index is -0.620. The molecule has 1 N–H and O–H groups in total. The van der Waals surface area contributed by atoms with E-state index in [1.807, 2.05) is 13.8 Å². The summed E-state index contributed by atoms with van der Waals surface area (Å²) >= 11 is 0. The molecular weight excluding hydrogens is 184 g/mol. The molecule has 2 saturated heterocycles. The van der Waals surface area contributed by atoms with Crippen LogP contribution in [0.2, 0.25) is 0 Å². The molecule has 0 unspecified atom stereocenters. The highest BCUT2D eigenvalue weighted by atomic mass is 16.8. The first kappa shape index (κ1) is 9.09. The van der Waals surface area contributed by atoms with Crippen molar-refractivity contribution in [3.05, 3.63) is 0 Å². The number of ether oxygens (including phenoxy) is 3. The zero-order chi connectivity index (χ0) is 9.92. The maximum Gasteiger partial charge on any atom is 0.190 e. The van der Waals surface area contributed by atoms with Crippen molar-refractivity contribution < 1.29 is 19.3 Å². The van der Waals surface area contributed by atoms with Gasteiger partial charge in [-0.25, -0.2) is 0 Å². The average Bonchev–Trinajstić information content (AvgIpc) is 2.81. The predicted octanol–water partition coefficient (Wildman–Crippen LogP) is 0.634. The lowest BCUT2D eigenvalue weighted by Gasteiger charge is -2.22. The summed E-state index contributed by atoms with van der Waals surface area (Å²) in [6.45, 7) is 3.68. The van der Waals surface area contributed by atoms with Gasteiger partial charge in [-0.2, -0.15) is 0 Å². The number of rotatable bonds is 1. The van der Waals surface area contributed by atoms with Crippen LogP contribution in [-0.2, 0) is 14.2 Å². The van der Waals surface area contributed by atoms with Gasteiger partial charge in [-0.3, -0.25) is 0 Å². The lowest BCUT2D eigenvalue weighted by molar-refractivity contribution is -0.217. The third kappa shape index (κ3) is 1.29. The van der Waals surface area contributed by atoms with E-state index in [-0.39, 0.29) is 18.5 Å². The minimum Gasteiger partial charge on any atom is -0.387 e. The van der Waals surface area contributed by atoms with Gasteiger partial charge in [-0.1, -0.05) is 0 Å². The number of aliphatic hydroxyl groups excluding tert-OH is 1. The molecule has 3 fully saturated rings. The highest BCUT2D eigenvalue weighted by Gasteiger charge is 2.57. The van der Waals surface area contributed by atoms with Crippen LogP contribution in [0.15, 0.2) is 0 Å². The van der Waals surface area contributed by atoms with Crippen LogP contribution >= 0.6 is 0 Å². The van der Waals surface area contributed by atoms with E-state index in [0.29, 0.717) is 5.92 Å². The van der Waals surface area contributed by atoms with E-state index in [9.17, 15) is 5.11 Å². The number of hydrogen-bond donors (Lipinski definition) is 1. The topological polar surface area (TPSA) is 47.9 Å². The first-order chi connectivity index (χ1) is 6.57. The SMILES string of the molecule is CC1(C)O[C@H]2O[C@@H](C3CC3)[C@@H](O)[C@H]2O1. The summed E-state index contributed by atoms with van der Waals surface area (Å²) < 4.78 is 16.8. The van der Waals surface area contributed by atoms with Crippen LogP contribution < -0.4 is 0 Å². The van der Waals surface area contributed by atoms with Crippen LogP contribution in [0.1, 0.15) is 26.7 Å². The van der Waals surface area contributed by atoms with Crippen LogP contribution in [0.3, 0.4) is 0 Å². The van der Waals surface area contributed by atoms with Crippen molar-refractivity contribution in [1.29, 1.82) is 0 Å². The lowest BCUT2D eigenvalue weighted by atomic mass is 10.1. The molecule has 3 aliphatic rings. The van der Waals surface area contributed by atoms with Crippen molar-refractivity contribution >= 4 is 0 Å². The minimum absolute atomic E-state index is 0.0684. The quantitative estimate of drug-likeness (QED) is 0.674. The second-order valence-corrected chi connectivity index (χ2v) is 4.90. The molecule has 2 heterocycles. The van der Waals surface area contributed by atoms with E-state index in [1.54, 1.807) is 0 Å². The first-order valence-electron chi connectivity index (χ1n) is 5.26. The average molecular weight is 200 g/mol. The van der Waals surface area contributed by atoms with E-state index >= 15 is 0 Å². The summed E-state index contributed by atoms with van der Waals surface area (Å²) in [6.07, 6.45) is 1.06. The van der Waals surface area contributed by atoms with Crippen molar-refractivity contribution in [1.82, 2.24) is 0 Å². The van der Waals surface area contributed by atoms with Crippen molar-refractivity contribution in [3.8, 4) is 0 Å². The Morgan fingerprint density at radius 3 is 2.43 bits per heavy atom. The highest BCUT2D eigenvalue weighted by molar-refractivity contribution is 4.98. The molecule has 4 atom stereocenters. The van der Waals surface area contributed by atoms with E-state index in [0.717, 1.165) is 12.8 Å². The van der Waals surface area contributed by atoms with Crippen LogP contribution in [0, 0.1) is 5.92 Å². The molecule has 4 heteroatoms. The molecule has 80 valence electrons. The Morgan fingerprint density at radius 2 is 1.86 bits per heavy atom. The molecule has 2 aliphatic heterocycles. The van der Waals surface area contributed by atoms with Gasteiger partial charge in [0.1, 0.15) is 12.2 Å². The molecule has 14 heavy (non-hydrogen) atoms. The van der Waals surface area contributed by atoms with Crippen LogP contribution in [0.25, 0.3) is 0 Å². The fourth-order valence-corrected chi connectivity index (χ4v) is 2.33. The van der Waals surface area contributed by atoms with Gasteiger partial charge in [-0.15, -0.1) is 0 Å². The lowest BCUT2D eigenvalue weighted by Crippen LogP contribution is -2.35. The van der Waals surface area contributed by atoms with E-state index in [4.69, 9.17) is 14.2 Å². The summed E-state index contributed by atoms with van der Waals surface area (Å²) in [5, 5.41) is 9.97. The van der Waals surface area contributed by atoms with Crippen molar-refractivity contribution in [3.63, 3.8) is 0 Å². The van der Waals surface area contributed by atoms with Crippen molar-refractivity contribution in [2.24, 2.45) is 5.92 Å². The molecule has 4 nitrogen and oxygen atoms in total. The first-order valence-corrected chi connectivity index (χ1v) is 5.26. The fraction of sp³-hybridized carbons (Fsp3) is 1.00. The van der Waals surface area contributed by atoms with E-state index < -0.39 is 11.9 Å². The number of hydrogen-bond acceptors (Lipinski definition) is 4. The molecule has 0 aromatic carbocycles. The zero-order valence-corrected chi connectivity index (χ0v) is 8.47. The summed E-state index contributed by atoms with van der Waals surface area (Å²) in [6, 6.07) is 0. The Bertz CT molecular complexity index is 247. The molecule has 0 radical (unpaired) electrons. The standard InChI is InChI=1S/C10H16O4/c1-10(2)13-8-6(11)7(5-3-4-5)12-9(8)14-10/h5-9,11H,3-4H2,1-2H3/t6-,7+,8-,9-/m1/s1. The Kier molecular flexibility index (Phi) is 1.75. The predicted molar refractivity (Wildman–Crippen MR) is 47.4 cm³/mol. The third-order valence-corrected chi connectivity index (χ3v) is 3.14. The molecular formula is C10H16O4. The second kappa shape index (κ2) is 2.70. The normalized spacial score (nSPS) is 50.8. The molecule has 1 aliphatic carbocycles. The second-order valence-electron chi connectivity index (χ2n) is 4.90. The number of fused-ring (bicyclic) bond motifs is 1. The fourth-order valence-electron chi connectivity index (χ4n) is 2.33. The van der Waals surface area contributed by atoms with Gasteiger partial charge in [-0.05, 0) is 32.6 Å². The monoisotopic (exact) mass is 200 g/mol. The summed E-state index contributed by atoms with van der Waals surface area (Å²) in [7, 11) is 0.